The van der Waals surface area contributed by atoms with E-state index in [-0.39, 0.29) is 5.91 Å². The predicted octanol–water partition coefficient (Wildman–Crippen LogP) is 4.22. The van der Waals surface area contributed by atoms with E-state index in [1.807, 2.05) is 30.3 Å². The van der Waals surface area contributed by atoms with Crippen LogP contribution in [-0.2, 0) is 16.1 Å². The third-order valence-electron chi connectivity index (χ3n) is 3.60. The number of carbonyl (C=O) groups is 1. The highest BCUT2D eigenvalue weighted by Crippen LogP contribution is 2.20. The minimum absolute atomic E-state index is 0.162. The molecule has 25 heavy (non-hydrogen) atoms. The molecule has 1 amide bonds. The first-order valence-corrected chi connectivity index (χ1v) is 8.70. The fourth-order valence-corrected chi connectivity index (χ4v) is 2.32. The monoisotopic (exact) mass is 361 g/mol. The van der Waals surface area contributed by atoms with E-state index >= 15 is 0 Å². The van der Waals surface area contributed by atoms with Crippen LogP contribution in [0, 0.1) is 0 Å². The number of carbonyl (C=O) groups excluding carboxylic acids is 1. The second-order valence-electron chi connectivity index (χ2n) is 6.21. The molecule has 0 aromatic heterocycles. The molecule has 0 aliphatic carbocycles. The molecule has 0 bridgehead atoms. The Morgan fingerprint density at radius 2 is 1.76 bits per heavy atom. The van der Waals surface area contributed by atoms with Crippen LogP contribution in [0.15, 0.2) is 54.6 Å². The second-order valence-corrected chi connectivity index (χ2v) is 6.65. The molecule has 0 aliphatic rings. The van der Waals surface area contributed by atoms with Crippen molar-refractivity contribution < 1.29 is 14.3 Å². The average molecular weight is 362 g/mol. The lowest BCUT2D eigenvalue weighted by Crippen LogP contribution is -2.46. The van der Waals surface area contributed by atoms with E-state index in [0.717, 1.165) is 12.0 Å². The first-order valence-electron chi connectivity index (χ1n) is 8.32. The molecule has 0 saturated heterocycles. The average Bonchev–Trinajstić information content (AvgIpc) is 2.60. The summed E-state index contributed by atoms with van der Waals surface area (Å²) < 4.78 is 11.4. The van der Waals surface area contributed by atoms with Gasteiger partial charge in [0.2, 0.25) is 0 Å². The molecule has 1 N–H and O–H groups in total. The van der Waals surface area contributed by atoms with Gasteiger partial charge in [-0.15, -0.1) is 0 Å². The number of amides is 1. The summed E-state index contributed by atoms with van der Waals surface area (Å²) in [5.74, 6) is 0.446. The first kappa shape index (κ1) is 19.3. The zero-order valence-corrected chi connectivity index (χ0v) is 15.4. The van der Waals surface area contributed by atoms with Crippen molar-refractivity contribution in [1.82, 2.24) is 5.32 Å². The number of nitrogens with one attached hydrogen (secondary N) is 1. The van der Waals surface area contributed by atoms with Gasteiger partial charge in [0.05, 0.1) is 6.61 Å². The lowest BCUT2D eigenvalue weighted by Gasteiger charge is -2.25. The Labute approximate surface area is 154 Å². The smallest absolute Gasteiger partial charge is 0.263 e. The zero-order chi connectivity index (χ0) is 18.1. The van der Waals surface area contributed by atoms with Crippen molar-refractivity contribution in [2.75, 3.05) is 13.2 Å². The van der Waals surface area contributed by atoms with Gasteiger partial charge < -0.3 is 14.8 Å². The number of rotatable bonds is 9. The molecule has 0 fully saturated rings. The maximum Gasteiger partial charge on any atom is 0.263 e. The van der Waals surface area contributed by atoms with Gasteiger partial charge in [0, 0.05) is 18.2 Å². The molecular formula is C20H24ClNO3. The van der Waals surface area contributed by atoms with E-state index in [0.29, 0.717) is 30.5 Å². The summed E-state index contributed by atoms with van der Waals surface area (Å²) in [6.45, 7) is 5.19. The Morgan fingerprint density at radius 1 is 1.08 bits per heavy atom. The van der Waals surface area contributed by atoms with Crippen LogP contribution in [0.25, 0.3) is 0 Å². The zero-order valence-electron chi connectivity index (χ0n) is 14.6. The first-order chi connectivity index (χ1) is 12.0. The molecule has 0 saturated carbocycles. The Bertz CT molecular complexity index is 656. The minimum Gasteiger partial charge on any atom is -0.478 e. The van der Waals surface area contributed by atoms with E-state index in [1.54, 1.807) is 38.1 Å². The summed E-state index contributed by atoms with van der Waals surface area (Å²) in [7, 11) is 0. The number of benzene rings is 2. The van der Waals surface area contributed by atoms with Crippen molar-refractivity contribution in [3.63, 3.8) is 0 Å². The molecule has 0 atom stereocenters. The van der Waals surface area contributed by atoms with Crippen LogP contribution in [-0.4, -0.2) is 24.7 Å². The van der Waals surface area contributed by atoms with E-state index < -0.39 is 5.60 Å². The van der Waals surface area contributed by atoms with Gasteiger partial charge in [-0.2, -0.15) is 0 Å². The highest BCUT2D eigenvalue weighted by Gasteiger charge is 2.29. The van der Waals surface area contributed by atoms with E-state index in [1.165, 1.54) is 0 Å². The van der Waals surface area contributed by atoms with Crippen molar-refractivity contribution in [3.8, 4) is 5.75 Å². The number of hydrogen-bond acceptors (Lipinski definition) is 3. The summed E-state index contributed by atoms with van der Waals surface area (Å²) >= 11 is 5.85. The van der Waals surface area contributed by atoms with Gasteiger partial charge in [-0.3, -0.25) is 4.79 Å². The summed E-state index contributed by atoms with van der Waals surface area (Å²) in [5, 5.41) is 3.51. The van der Waals surface area contributed by atoms with Crippen LogP contribution in [0.3, 0.4) is 0 Å². The van der Waals surface area contributed by atoms with Crippen LogP contribution >= 0.6 is 11.6 Å². The van der Waals surface area contributed by atoms with Gasteiger partial charge in [-0.1, -0.05) is 41.9 Å². The molecule has 2 aromatic carbocycles. The highest BCUT2D eigenvalue weighted by molar-refractivity contribution is 6.30. The number of halogens is 1. The maximum atomic E-state index is 12.3. The Morgan fingerprint density at radius 3 is 2.44 bits per heavy atom. The molecule has 134 valence electrons. The molecule has 4 nitrogen and oxygen atoms in total. The molecule has 0 heterocycles. The van der Waals surface area contributed by atoms with Crippen LogP contribution in [0.1, 0.15) is 25.8 Å². The minimum atomic E-state index is -0.960. The van der Waals surface area contributed by atoms with Crippen LogP contribution in [0.4, 0.5) is 0 Å². The van der Waals surface area contributed by atoms with Crippen molar-refractivity contribution in [1.29, 1.82) is 0 Å². The second kappa shape index (κ2) is 9.44. The Balaban J connectivity index is 1.65. The van der Waals surface area contributed by atoms with Crippen LogP contribution in [0.2, 0.25) is 5.02 Å². The van der Waals surface area contributed by atoms with Crippen LogP contribution in [0.5, 0.6) is 5.75 Å². The van der Waals surface area contributed by atoms with Crippen molar-refractivity contribution in [2.45, 2.75) is 32.5 Å². The molecule has 2 aromatic rings. The lowest BCUT2D eigenvalue weighted by molar-refractivity contribution is -0.134. The van der Waals surface area contributed by atoms with Crippen LogP contribution < -0.4 is 10.1 Å². The third-order valence-corrected chi connectivity index (χ3v) is 3.85. The summed E-state index contributed by atoms with van der Waals surface area (Å²) in [4.78, 5) is 12.3. The summed E-state index contributed by atoms with van der Waals surface area (Å²) in [6, 6.07) is 17.0. The highest BCUT2D eigenvalue weighted by atomic mass is 35.5. The predicted molar refractivity (Wildman–Crippen MR) is 99.9 cm³/mol. The largest absolute Gasteiger partial charge is 0.478 e. The van der Waals surface area contributed by atoms with Gasteiger partial charge >= 0.3 is 0 Å². The topological polar surface area (TPSA) is 47.6 Å². The third kappa shape index (κ3) is 6.77. The van der Waals surface area contributed by atoms with Gasteiger partial charge in [-0.25, -0.2) is 0 Å². The van der Waals surface area contributed by atoms with Gasteiger partial charge in [0.15, 0.2) is 5.60 Å². The fourth-order valence-electron chi connectivity index (χ4n) is 2.20. The Hall–Kier alpha value is -2.04. The SMILES string of the molecule is CC(C)(Oc1ccc(Cl)cc1)C(=O)NCCCOCc1ccccc1. The molecule has 0 unspecified atom stereocenters. The molecule has 5 heteroatoms. The van der Waals surface area contributed by atoms with Crippen molar-refractivity contribution in [2.24, 2.45) is 0 Å². The maximum absolute atomic E-state index is 12.3. The van der Waals surface area contributed by atoms with E-state index in [4.69, 9.17) is 21.1 Å². The number of hydrogen-bond donors (Lipinski definition) is 1. The van der Waals surface area contributed by atoms with Crippen molar-refractivity contribution in [3.05, 3.63) is 65.2 Å². The Kier molecular flexibility index (Phi) is 7.29. The normalized spacial score (nSPS) is 11.2. The molecular weight excluding hydrogens is 338 g/mol. The molecule has 0 spiro atoms. The lowest BCUT2D eigenvalue weighted by atomic mass is 10.1. The molecule has 2 rings (SSSR count). The molecule has 0 radical (unpaired) electrons. The summed E-state index contributed by atoms with van der Waals surface area (Å²) in [5.41, 5.74) is 0.183. The standard InChI is InChI=1S/C20H24ClNO3/c1-20(2,25-18-11-9-17(21)10-12-18)19(23)22-13-6-14-24-15-16-7-4-3-5-8-16/h3-5,7-12H,6,13-15H2,1-2H3,(H,22,23). The van der Waals surface area contributed by atoms with Gasteiger partial charge in [0.25, 0.3) is 5.91 Å². The van der Waals surface area contributed by atoms with Gasteiger partial charge in [-0.05, 0) is 50.1 Å². The quantitative estimate of drug-likeness (QED) is 0.680. The number of ether oxygens (including phenoxy) is 2. The fraction of sp³-hybridized carbons (Fsp3) is 0.350. The van der Waals surface area contributed by atoms with E-state index in [2.05, 4.69) is 5.32 Å². The van der Waals surface area contributed by atoms with Gasteiger partial charge in [0.1, 0.15) is 5.75 Å². The van der Waals surface area contributed by atoms with E-state index in [9.17, 15) is 4.79 Å². The summed E-state index contributed by atoms with van der Waals surface area (Å²) in [6.07, 6.45) is 0.746. The molecule has 0 aliphatic heterocycles. The van der Waals surface area contributed by atoms with Crippen molar-refractivity contribution >= 4 is 17.5 Å².